The quantitative estimate of drug-likeness (QED) is 0.0751. The maximum atomic E-state index is 12.3. The van der Waals surface area contributed by atoms with E-state index in [1.54, 1.807) is 24.3 Å². The van der Waals surface area contributed by atoms with E-state index < -0.39 is 11.7 Å². The lowest BCUT2D eigenvalue weighted by molar-refractivity contribution is -0.0284. The van der Waals surface area contributed by atoms with Crippen LogP contribution in [0.25, 0.3) is 0 Å². The second kappa shape index (κ2) is 34.1. The van der Waals surface area contributed by atoms with Crippen LogP contribution in [0.2, 0.25) is 0 Å². The lowest BCUT2D eigenvalue weighted by Gasteiger charge is -2.19. The predicted octanol–water partition coefficient (Wildman–Crippen LogP) is 2.01. The first-order valence-electron chi connectivity index (χ1n) is 19.6. The number of nitrogens with zero attached hydrogens (tertiary/aromatic N) is 1. The molecule has 57 heavy (non-hydrogen) atoms. The number of fused-ring (bicyclic) bond motifs is 1. The van der Waals surface area contributed by atoms with Gasteiger partial charge in [0.15, 0.2) is 0 Å². The Hall–Kier alpha value is -2.85. The van der Waals surface area contributed by atoms with Gasteiger partial charge in [-0.05, 0) is 32.9 Å². The molecule has 3 amide bonds. The highest BCUT2D eigenvalue weighted by atomic mass is 16.6. The topological polar surface area (TPSA) is 186 Å². The summed E-state index contributed by atoms with van der Waals surface area (Å²) in [5, 5.41) is 2.63. The van der Waals surface area contributed by atoms with Gasteiger partial charge in [-0.3, -0.25) is 14.5 Å². The Morgan fingerprint density at radius 2 is 0.719 bits per heavy atom. The molecular weight excluding hydrogens is 752 g/mol. The molecule has 1 N–H and O–H groups in total. The van der Waals surface area contributed by atoms with Crippen molar-refractivity contribution in [3.63, 3.8) is 0 Å². The van der Waals surface area contributed by atoms with Gasteiger partial charge in [-0.25, -0.2) is 4.79 Å². The number of hydrogen-bond donors (Lipinski definition) is 1. The SMILES string of the molecule is CC(C)(C)OC(=O)NCCOCCOCCOCCOCCOCCOCCOCCOCCOCCOCCOCCOCCN1C(=O)c2ccccc2C1=O. The maximum Gasteiger partial charge on any atom is 0.407 e. The van der Waals surface area contributed by atoms with E-state index in [1.807, 2.05) is 20.8 Å². The molecule has 0 unspecified atom stereocenters. The minimum absolute atomic E-state index is 0.208. The molecular formula is C39H66N2O16. The highest BCUT2D eigenvalue weighted by Gasteiger charge is 2.34. The molecule has 0 saturated carbocycles. The van der Waals surface area contributed by atoms with Crippen molar-refractivity contribution < 1.29 is 76.0 Å². The van der Waals surface area contributed by atoms with Crippen LogP contribution in [0.3, 0.4) is 0 Å². The van der Waals surface area contributed by atoms with Crippen LogP contribution in [0, 0.1) is 0 Å². The van der Waals surface area contributed by atoms with Gasteiger partial charge in [0.1, 0.15) is 5.60 Å². The molecule has 18 nitrogen and oxygen atoms in total. The molecule has 1 aromatic rings. The van der Waals surface area contributed by atoms with Gasteiger partial charge in [-0.1, -0.05) is 12.1 Å². The number of carbonyl (C=O) groups is 3. The van der Waals surface area contributed by atoms with Crippen molar-refractivity contribution in [2.24, 2.45) is 0 Å². The molecule has 1 aromatic carbocycles. The number of ether oxygens (including phenoxy) is 13. The monoisotopic (exact) mass is 818 g/mol. The molecule has 2 rings (SSSR count). The van der Waals surface area contributed by atoms with E-state index in [-0.39, 0.29) is 25.0 Å². The Labute approximate surface area is 337 Å². The molecule has 0 spiro atoms. The Kier molecular flexibility index (Phi) is 30.0. The van der Waals surface area contributed by atoms with E-state index >= 15 is 0 Å². The fourth-order valence-corrected chi connectivity index (χ4v) is 4.66. The van der Waals surface area contributed by atoms with Crippen molar-refractivity contribution in [1.82, 2.24) is 10.2 Å². The third-order valence-electron chi connectivity index (χ3n) is 7.34. The predicted molar refractivity (Wildman–Crippen MR) is 206 cm³/mol. The van der Waals surface area contributed by atoms with Gasteiger partial charge in [0.2, 0.25) is 0 Å². The molecule has 1 aliphatic rings. The summed E-state index contributed by atoms with van der Waals surface area (Å²) in [6.45, 7) is 16.7. The van der Waals surface area contributed by atoms with Crippen LogP contribution >= 0.6 is 0 Å². The summed E-state index contributed by atoms with van der Waals surface area (Å²) in [4.78, 5) is 37.4. The van der Waals surface area contributed by atoms with E-state index in [9.17, 15) is 14.4 Å². The Morgan fingerprint density at radius 1 is 0.456 bits per heavy atom. The van der Waals surface area contributed by atoms with Crippen molar-refractivity contribution in [2.75, 3.05) is 172 Å². The van der Waals surface area contributed by atoms with E-state index in [4.69, 9.17) is 61.6 Å². The molecule has 0 saturated heterocycles. The fourth-order valence-electron chi connectivity index (χ4n) is 4.66. The maximum absolute atomic E-state index is 12.3. The normalized spacial score (nSPS) is 12.8. The lowest BCUT2D eigenvalue weighted by atomic mass is 10.1. The van der Waals surface area contributed by atoms with Crippen LogP contribution in [-0.4, -0.2) is 200 Å². The van der Waals surface area contributed by atoms with Crippen molar-refractivity contribution in [3.8, 4) is 0 Å². The van der Waals surface area contributed by atoms with Crippen LogP contribution in [0.4, 0.5) is 4.79 Å². The summed E-state index contributed by atoms with van der Waals surface area (Å²) < 4.78 is 70.8. The van der Waals surface area contributed by atoms with Crippen molar-refractivity contribution in [2.45, 2.75) is 26.4 Å². The zero-order chi connectivity index (χ0) is 41.1. The number of carbonyl (C=O) groups excluding carboxylic acids is 3. The lowest BCUT2D eigenvalue weighted by Crippen LogP contribution is -2.34. The molecule has 0 atom stereocenters. The summed E-state index contributed by atoms with van der Waals surface area (Å²) >= 11 is 0. The molecule has 0 radical (unpaired) electrons. The molecule has 0 bridgehead atoms. The van der Waals surface area contributed by atoms with E-state index in [0.717, 1.165) is 0 Å². The second-order valence-corrected chi connectivity index (χ2v) is 13.1. The molecule has 0 fully saturated rings. The Morgan fingerprint density at radius 3 is 1.00 bits per heavy atom. The Bertz CT molecular complexity index is 1140. The van der Waals surface area contributed by atoms with E-state index in [1.165, 1.54) is 4.90 Å². The number of benzene rings is 1. The molecule has 328 valence electrons. The summed E-state index contributed by atoms with van der Waals surface area (Å²) in [6.07, 6.45) is -0.458. The third kappa shape index (κ3) is 27.5. The molecule has 18 heteroatoms. The van der Waals surface area contributed by atoms with Gasteiger partial charge in [0, 0.05) is 6.54 Å². The van der Waals surface area contributed by atoms with Gasteiger partial charge < -0.3 is 66.9 Å². The first-order chi connectivity index (χ1) is 27.8. The first kappa shape index (κ1) is 50.3. The van der Waals surface area contributed by atoms with Gasteiger partial charge in [-0.2, -0.15) is 0 Å². The number of alkyl carbamates (subject to hydrolysis) is 1. The van der Waals surface area contributed by atoms with E-state index in [2.05, 4.69) is 5.32 Å². The molecule has 0 aromatic heterocycles. The number of amides is 3. The van der Waals surface area contributed by atoms with Gasteiger partial charge in [0.05, 0.1) is 176 Å². The molecule has 1 heterocycles. The average molecular weight is 819 g/mol. The van der Waals surface area contributed by atoms with Crippen LogP contribution in [0.5, 0.6) is 0 Å². The fraction of sp³-hybridized carbons (Fsp3) is 0.769. The third-order valence-corrected chi connectivity index (χ3v) is 7.34. The zero-order valence-corrected chi connectivity index (χ0v) is 34.2. The minimum Gasteiger partial charge on any atom is -0.444 e. The van der Waals surface area contributed by atoms with Crippen molar-refractivity contribution in [3.05, 3.63) is 35.4 Å². The second-order valence-electron chi connectivity index (χ2n) is 13.1. The zero-order valence-electron chi connectivity index (χ0n) is 34.2. The van der Waals surface area contributed by atoms with Crippen LogP contribution in [0.15, 0.2) is 24.3 Å². The van der Waals surface area contributed by atoms with Gasteiger partial charge in [-0.15, -0.1) is 0 Å². The standard InChI is InChI=1S/C39H66N2O16/c1-39(2,3)57-38(44)40-8-10-45-12-14-47-16-18-49-20-22-51-24-26-53-28-30-55-32-33-56-31-29-54-27-25-52-23-21-50-19-17-48-15-13-46-11-9-41-36(42)34-6-4-5-7-35(34)37(41)43/h4-7H,8-33H2,1-3H3,(H,40,44). The highest BCUT2D eigenvalue weighted by molar-refractivity contribution is 6.21. The average Bonchev–Trinajstić information content (AvgIpc) is 3.42. The Balaban J connectivity index is 1.15. The first-order valence-corrected chi connectivity index (χ1v) is 19.6. The van der Waals surface area contributed by atoms with Crippen LogP contribution in [0.1, 0.15) is 41.5 Å². The van der Waals surface area contributed by atoms with Gasteiger partial charge in [0.25, 0.3) is 11.8 Å². The van der Waals surface area contributed by atoms with Crippen LogP contribution in [-0.2, 0) is 61.6 Å². The summed E-state index contributed by atoms with van der Waals surface area (Å²) in [5.41, 5.74) is 0.356. The molecule has 1 aliphatic heterocycles. The minimum atomic E-state index is -0.519. The van der Waals surface area contributed by atoms with Crippen LogP contribution < -0.4 is 5.32 Å². The summed E-state index contributed by atoms with van der Waals surface area (Å²) in [7, 11) is 0. The molecule has 0 aliphatic carbocycles. The highest BCUT2D eigenvalue weighted by Crippen LogP contribution is 2.21. The number of rotatable bonds is 39. The van der Waals surface area contributed by atoms with Crippen molar-refractivity contribution in [1.29, 1.82) is 0 Å². The smallest absolute Gasteiger partial charge is 0.407 e. The number of hydrogen-bond acceptors (Lipinski definition) is 16. The van der Waals surface area contributed by atoms with E-state index in [0.29, 0.717) is 170 Å². The van der Waals surface area contributed by atoms with Crippen molar-refractivity contribution >= 4 is 17.9 Å². The number of imide groups is 1. The largest absolute Gasteiger partial charge is 0.444 e. The van der Waals surface area contributed by atoms with Gasteiger partial charge >= 0.3 is 6.09 Å². The summed E-state index contributed by atoms with van der Waals surface area (Å²) in [6, 6.07) is 6.81. The number of nitrogens with one attached hydrogen (secondary N) is 1. The summed E-state index contributed by atoms with van der Waals surface area (Å²) in [5.74, 6) is -0.565.